The van der Waals surface area contributed by atoms with Crippen molar-refractivity contribution < 1.29 is 23.1 Å². The van der Waals surface area contributed by atoms with Crippen LogP contribution in [0.4, 0.5) is 19.0 Å². The fourth-order valence-electron chi connectivity index (χ4n) is 1.63. The molecule has 1 N–H and O–H groups in total. The van der Waals surface area contributed by atoms with E-state index in [1.165, 1.54) is 0 Å². The topological polar surface area (TPSA) is 70.0 Å². The number of rotatable bonds is 1. The Balaban J connectivity index is 2.42. The molecule has 88 valence electrons. The predicted octanol–water partition coefficient (Wildman–Crippen LogP) is 0.166. The molecule has 0 radical (unpaired) electrons. The SMILES string of the molecule is O=C([O-])c1cc2n(n1)[C@@H](C(F)(F)F)CCN2. The monoisotopic (exact) mass is 234 g/mol. The normalized spacial score (nSPS) is 20.1. The van der Waals surface area contributed by atoms with Crippen LogP contribution in [-0.2, 0) is 0 Å². The second-order valence-corrected chi connectivity index (χ2v) is 3.42. The summed E-state index contributed by atoms with van der Waals surface area (Å²) < 4.78 is 38.4. The largest absolute Gasteiger partial charge is 0.543 e. The minimum absolute atomic E-state index is 0.0489. The van der Waals surface area contributed by atoms with Gasteiger partial charge < -0.3 is 15.2 Å². The maximum absolute atomic E-state index is 12.6. The van der Waals surface area contributed by atoms with Gasteiger partial charge in [-0.25, -0.2) is 4.68 Å². The van der Waals surface area contributed by atoms with Crippen LogP contribution in [-0.4, -0.2) is 28.5 Å². The third kappa shape index (κ3) is 1.70. The van der Waals surface area contributed by atoms with Gasteiger partial charge in [0.25, 0.3) is 0 Å². The molecule has 0 saturated heterocycles. The number of fused-ring (bicyclic) bond motifs is 1. The van der Waals surface area contributed by atoms with Crippen molar-refractivity contribution in [3.05, 3.63) is 11.8 Å². The zero-order chi connectivity index (χ0) is 11.9. The summed E-state index contributed by atoms with van der Waals surface area (Å²) in [5.41, 5.74) is -0.501. The summed E-state index contributed by atoms with van der Waals surface area (Å²) in [5, 5.41) is 16.5. The number of carboxylic acids is 1. The molecule has 16 heavy (non-hydrogen) atoms. The molecule has 5 nitrogen and oxygen atoms in total. The van der Waals surface area contributed by atoms with Crippen LogP contribution in [0.2, 0.25) is 0 Å². The molecule has 0 aliphatic carbocycles. The van der Waals surface area contributed by atoms with Crippen LogP contribution in [0.25, 0.3) is 0 Å². The molecule has 2 heterocycles. The van der Waals surface area contributed by atoms with Gasteiger partial charge in [-0.1, -0.05) is 0 Å². The van der Waals surface area contributed by atoms with Crippen molar-refractivity contribution in [2.24, 2.45) is 0 Å². The van der Waals surface area contributed by atoms with Crippen LogP contribution >= 0.6 is 0 Å². The Labute approximate surface area is 87.9 Å². The molecule has 1 aromatic heterocycles. The van der Waals surface area contributed by atoms with Gasteiger partial charge in [-0.3, -0.25) is 0 Å². The zero-order valence-electron chi connectivity index (χ0n) is 7.91. The molecule has 8 heteroatoms. The average Bonchev–Trinajstić information content (AvgIpc) is 2.58. The standard InChI is InChI=1S/C8H8F3N3O2/c9-8(10,11)5-1-2-12-6-3-4(7(15)16)13-14(5)6/h3,5,12H,1-2H2,(H,15,16)/p-1/t5-/m1/s1. The second-order valence-electron chi connectivity index (χ2n) is 3.42. The lowest BCUT2D eigenvalue weighted by atomic mass is 10.1. The van der Waals surface area contributed by atoms with Crippen molar-refractivity contribution in [3.63, 3.8) is 0 Å². The van der Waals surface area contributed by atoms with E-state index < -0.39 is 23.9 Å². The zero-order valence-corrected chi connectivity index (χ0v) is 7.91. The molecule has 0 unspecified atom stereocenters. The van der Waals surface area contributed by atoms with Crippen LogP contribution in [0.15, 0.2) is 6.07 Å². The van der Waals surface area contributed by atoms with Crippen LogP contribution in [0.3, 0.4) is 0 Å². The summed E-state index contributed by atoms with van der Waals surface area (Å²) in [6, 6.07) is -0.746. The van der Waals surface area contributed by atoms with E-state index in [0.717, 1.165) is 6.07 Å². The van der Waals surface area contributed by atoms with Crippen molar-refractivity contribution in [2.75, 3.05) is 11.9 Å². The number of nitrogens with one attached hydrogen (secondary N) is 1. The molecule has 0 saturated carbocycles. The van der Waals surface area contributed by atoms with Gasteiger partial charge in [0.2, 0.25) is 0 Å². The van der Waals surface area contributed by atoms with Gasteiger partial charge in [0.05, 0.1) is 5.97 Å². The Morgan fingerprint density at radius 1 is 1.62 bits per heavy atom. The fraction of sp³-hybridized carbons (Fsp3) is 0.500. The van der Waals surface area contributed by atoms with Crippen molar-refractivity contribution in [3.8, 4) is 0 Å². The van der Waals surface area contributed by atoms with E-state index in [4.69, 9.17) is 0 Å². The van der Waals surface area contributed by atoms with Crippen molar-refractivity contribution in [1.82, 2.24) is 9.78 Å². The first kappa shape index (κ1) is 10.8. The third-order valence-corrected chi connectivity index (χ3v) is 2.34. The number of nitrogens with zero attached hydrogens (tertiary/aromatic N) is 2. The van der Waals surface area contributed by atoms with Gasteiger partial charge in [0, 0.05) is 12.6 Å². The van der Waals surface area contributed by atoms with E-state index in [-0.39, 0.29) is 18.8 Å². The van der Waals surface area contributed by atoms with Crippen LogP contribution in [0, 0.1) is 0 Å². The number of aromatic carboxylic acids is 1. The van der Waals surface area contributed by atoms with E-state index in [1.54, 1.807) is 0 Å². The lowest BCUT2D eigenvalue weighted by Crippen LogP contribution is -2.34. The van der Waals surface area contributed by atoms with Gasteiger partial charge in [0.15, 0.2) is 6.04 Å². The molecule has 0 spiro atoms. The van der Waals surface area contributed by atoms with E-state index in [2.05, 4.69) is 10.4 Å². The summed E-state index contributed by atoms with van der Waals surface area (Å²) >= 11 is 0. The highest BCUT2D eigenvalue weighted by Gasteiger charge is 2.43. The Morgan fingerprint density at radius 3 is 2.88 bits per heavy atom. The summed E-state index contributed by atoms with van der Waals surface area (Å²) in [7, 11) is 0. The minimum atomic E-state index is -4.44. The Morgan fingerprint density at radius 2 is 2.31 bits per heavy atom. The van der Waals surface area contributed by atoms with Gasteiger partial charge >= 0.3 is 6.18 Å². The van der Waals surface area contributed by atoms with Gasteiger partial charge in [-0.05, 0) is 6.42 Å². The molecule has 0 amide bonds. The summed E-state index contributed by atoms with van der Waals surface area (Å²) in [6.07, 6.45) is -4.61. The van der Waals surface area contributed by atoms with Gasteiger partial charge in [0.1, 0.15) is 11.5 Å². The number of carbonyl (C=O) groups is 1. The molecule has 0 aromatic carbocycles. The summed E-state index contributed by atoms with van der Waals surface area (Å²) in [6.45, 7) is 0.127. The number of aromatic nitrogens is 2. The molecule has 2 rings (SSSR count). The van der Waals surface area contributed by atoms with Crippen molar-refractivity contribution in [1.29, 1.82) is 0 Å². The highest BCUT2D eigenvalue weighted by Crippen LogP contribution is 2.37. The Hall–Kier alpha value is -1.73. The molecule has 1 atom stereocenters. The molecule has 1 aliphatic rings. The van der Waals surface area contributed by atoms with E-state index >= 15 is 0 Å². The maximum Gasteiger partial charge on any atom is 0.410 e. The smallest absolute Gasteiger partial charge is 0.410 e. The summed E-state index contributed by atoms with van der Waals surface area (Å²) in [5.74, 6) is -1.54. The molecule has 0 fully saturated rings. The molecule has 1 aliphatic heterocycles. The minimum Gasteiger partial charge on any atom is -0.543 e. The number of halogens is 3. The van der Waals surface area contributed by atoms with Gasteiger partial charge in [-0.2, -0.15) is 18.3 Å². The first-order valence-corrected chi connectivity index (χ1v) is 4.51. The number of carboxylic acid groups (broad SMARTS) is 1. The highest BCUT2D eigenvalue weighted by atomic mass is 19.4. The van der Waals surface area contributed by atoms with Gasteiger partial charge in [-0.15, -0.1) is 0 Å². The first-order valence-electron chi connectivity index (χ1n) is 4.51. The first-order chi connectivity index (χ1) is 7.39. The van der Waals surface area contributed by atoms with Crippen LogP contribution in [0.5, 0.6) is 0 Å². The fourth-order valence-corrected chi connectivity index (χ4v) is 1.63. The second kappa shape index (κ2) is 3.39. The predicted molar refractivity (Wildman–Crippen MR) is 44.8 cm³/mol. The molecular formula is C8H7F3N3O2-. The number of anilines is 1. The number of carbonyl (C=O) groups excluding carboxylic acids is 1. The molecule has 1 aromatic rings. The lowest BCUT2D eigenvalue weighted by molar-refractivity contribution is -0.255. The Kier molecular flexibility index (Phi) is 2.28. The van der Waals surface area contributed by atoms with Crippen molar-refractivity contribution >= 4 is 11.8 Å². The van der Waals surface area contributed by atoms with E-state index in [0.29, 0.717) is 4.68 Å². The third-order valence-electron chi connectivity index (χ3n) is 2.34. The molecule has 0 bridgehead atoms. The van der Waals surface area contributed by atoms with Crippen LogP contribution < -0.4 is 10.4 Å². The van der Waals surface area contributed by atoms with E-state index in [1.807, 2.05) is 0 Å². The quantitative estimate of drug-likeness (QED) is 0.751. The van der Waals surface area contributed by atoms with E-state index in [9.17, 15) is 23.1 Å². The molecular weight excluding hydrogens is 227 g/mol. The van der Waals surface area contributed by atoms with Crippen molar-refractivity contribution in [2.45, 2.75) is 18.6 Å². The van der Waals surface area contributed by atoms with Crippen LogP contribution in [0.1, 0.15) is 23.0 Å². The number of hydrogen-bond donors (Lipinski definition) is 1. The maximum atomic E-state index is 12.6. The average molecular weight is 234 g/mol. The number of hydrogen-bond acceptors (Lipinski definition) is 4. The number of alkyl halides is 3. The lowest BCUT2D eigenvalue weighted by Gasteiger charge is -2.27. The summed E-state index contributed by atoms with van der Waals surface area (Å²) in [4.78, 5) is 10.5. The Bertz CT molecular complexity index is 427. The highest BCUT2D eigenvalue weighted by molar-refractivity contribution is 5.84.